The van der Waals surface area contributed by atoms with E-state index in [9.17, 15) is 13.3 Å². The zero-order chi connectivity index (χ0) is 23.9. The van der Waals surface area contributed by atoms with Crippen LogP contribution in [0.4, 0.5) is 14.5 Å². The number of fused-ring (bicyclic) bond motifs is 1. The number of hydrogen-bond donors (Lipinski definition) is 0. The van der Waals surface area contributed by atoms with E-state index in [-0.39, 0.29) is 16.5 Å². The molecule has 1 unspecified atom stereocenters. The minimum absolute atomic E-state index is 0.0750. The molecule has 3 aromatic rings. The third-order valence-electron chi connectivity index (χ3n) is 7.01. The zero-order valence-electron chi connectivity index (χ0n) is 19.1. The Hall–Kier alpha value is -2.30. The Morgan fingerprint density at radius 1 is 1.15 bits per heavy atom. The second-order valence-electron chi connectivity index (χ2n) is 9.48. The van der Waals surface area contributed by atoms with Crippen LogP contribution in [-0.2, 0) is 17.4 Å². The largest absolute Gasteiger partial charge is 0.371 e. The fourth-order valence-corrected chi connectivity index (χ4v) is 6.73. The Labute approximate surface area is 203 Å². The van der Waals surface area contributed by atoms with Gasteiger partial charge in [0.25, 0.3) is 0 Å². The van der Waals surface area contributed by atoms with Crippen LogP contribution in [0, 0.1) is 11.6 Å². The summed E-state index contributed by atoms with van der Waals surface area (Å²) in [6.07, 6.45) is 6.12. The SMILES string of the molecule is CP1(=O)CCN(c2cccc(-c3cnc4c(n3)C(Cc3c(F)ccc(F)c3Cl)CCC4)c2)CC1. The van der Waals surface area contributed by atoms with Gasteiger partial charge in [-0.3, -0.25) is 4.98 Å². The van der Waals surface area contributed by atoms with E-state index in [4.69, 9.17) is 21.6 Å². The molecule has 0 spiro atoms. The van der Waals surface area contributed by atoms with Gasteiger partial charge in [-0.05, 0) is 56.6 Å². The molecule has 0 N–H and O–H groups in total. The molecule has 5 rings (SSSR count). The van der Waals surface area contributed by atoms with Gasteiger partial charge >= 0.3 is 0 Å². The van der Waals surface area contributed by atoms with Crippen LogP contribution in [0.3, 0.4) is 0 Å². The molecule has 0 radical (unpaired) electrons. The Bertz CT molecular complexity index is 1270. The van der Waals surface area contributed by atoms with Crippen molar-refractivity contribution < 1.29 is 13.3 Å². The molecular formula is C26H27ClF2N3OP. The monoisotopic (exact) mass is 501 g/mol. The maximum atomic E-state index is 14.5. The first-order chi connectivity index (χ1) is 16.3. The molecule has 4 nitrogen and oxygen atoms in total. The first kappa shape index (κ1) is 23.4. The molecule has 2 heterocycles. The van der Waals surface area contributed by atoms with E-state index >= 15 is 0 Å². The Balaban J connectivity index is 1.44. The Morgan fingerprint density at radius 3 is 2.71 bits per heavy atom. The van der Waals surface area contributed by atoms with Gasteiger partial charge in [0.05, 0.1) is 35.4 Å². The average molecular weight is 502 g/mol. The van der Waals surface area contributed by atoms with Crippen LogP contribution in [0.5, 0.6) is 0 Å². The van der Waals surface area contributed by atoms with Crippen molar-refractivity contribution in [1.29, 1.82) is 0 Å². The second kappa shape index (κ2) is 9.39. The second-order valence-corrected chi connectivity index (χ2v) is 13.3. The molecule has 8 heteroatoms. The molecule has 0 amide bonds. The lowest BCUT2D eigenvalue weighted by Gasteiger charge is -2.32. The van der Waals surface area contributed by atoms with Gasteiger partial charge in [-0.2, -0.15) is 0 Å². The molecule has 1 aliphatic carbocycles. The topological polar surface area (TPSA) is 46.1 Å². The van der Waals surface area contributed by atoms with Crippen molar-refractivity contribution in [1.82, 2.24) is 9.97 Å². The fourth-order valence-electron chi connectivity index (χ4n) is 4.95. The lowest BCUT2D eigenvalue weighted by Crippen LogP contribution is -2.34. The molecule has 1 aliphatic heterocycles. The predicted octanol–water partition coefficient (Wildman–Crippen LogP) is 6.55. The summed E-state index contributed by atoms with van der Waals surface area (Å²) < 4.78 is 40.8. The summed E-state index contributed by atoms with van der Waals surface area (Å²) in [5.74, 6) is -1.18. The third kappa shape index (κ3) is 4.76. The van der Waals surface area contributed by atoms with Gasteiger partial charge in [-0.15, -0.1) is 0 Å². The highest BCUT2D eigenvalue weighted by atomic mass is 35.5. The van der Waals surface area contributed by atoms with Crippen LogP contribution in [-0.4, -0.2) is 42.0 Å². The normalized spacial score (nSPS) is 19.6. The highest BCUT2D eigenvalue weighted by molar-refractivity contribution is 7.63. The van der Waals surface area contributed by atoms with Crippen molar-refractivity contribution in [3.05, 3.63) is 76.2 Å². The first-order valence-corrected chi connectivity index (χ1v) is 14.6. The summed E-state index contributed by atoms with van der Waals surface area (Å²) in [7, 11) is -2.00. The molecular weight excluding hydrogens is 475 g/mol. The standard InChI is InChI=1S/C26H27ClF2N3OP/c1-34(33)12-10-32(11-13-34)19-6-2-4-17(14-19)24-16-30-23-7-3-5-18(26(23)31-24)15-20-21(28)8-9-22(29)25(20)27/h2,4,6,8-9,14,16,18H,3,5,7,10-13,15H2,1H3. The number of rotatable bonds is 4. The molecule has 1 atom stereocenters. The van der Waals surface area contributed by atoms with Crippen molar-refractivity contribution in [3.63, 3.8) is 0 Å². The average Bonchev–Trinajstić information content (AvgIpc) is 2.84. The number of halogens is 3. The van der Waals surface area contributed by atoms with Crippen molar-refractivity contribution in [3.8, 4) is 11.3 Å². The van der Waals surface area contributed by atoms with Crippen LogP contribution in [0.2, 0.25) is 5.02 Å². The van der Waals surface area contributed by atoms with Crippen LogP contribution < -0.4 is 4.90 Å². The summed E-state index contributed by atoms with van der Waals surface area (Å²) in [6.45, 7) is 3.47. The van der Waals surface area contributed by atoms with Gasteiger partial charge in [0, 0.05) is 48.1 Å². The molecule has 1 aromatic heterocycles. The Morgan fingerprint density at radius 2 is 1.91 bits per heavy atom. The summed E-state index contributed by atoms with van der Waals surface area (Å²) in [5, 5.41) is -0.151. The lowest BCUT2D eigenvalue weighted by molar-refractivity contribution is 0.508. The fraction of sp³-hybridized carbons (Fsp3) is 0.385. The summed E-state index contributed by atoms with van der Waals surface area (Å²) >= 11 is 6.11. The summed E-state index contributed by atoms with van der Waals surface area (Å²) in [5.41, 5.74) is 4.76. The minimum atomic E-state index is -2.00. The van der Waals surface area contributed by atoms with Gasteiger partial charge in [-0.1, -0.05) is 23.7 Å². The van der Waals surface area contributed by atoms with Crippen LogP contribution in [0.25, 0.3) is 11.3 Å². The number of aromatic nitrogens is 2. The molecule has 1 saturated heterocycles. The quantitative estimate of drug-likeness (QED) is 0.300. The van der Waals surface area contributed by atoms with Gasteiger partial charge < -0.3 is 9.46 Å². The molecule has 2 aliphatic rings. The maximum absolute atomic E-state index is 14.5. The molecule has 0 saturated carbocycles. The van der Waals surface area contributed by atoms with E-state index < -0.39 is 18.8 Å². The number of nitrogens with zero attached hydrogens (tertiary/aromatic N) is 3. The van der Waals surface area contributed by atoms with Gasteiger partial charge in [0.15, 0.2) is 0 Å². The first-order valence-electron chi connectivity index (χ1n) is 11.7. The van der Waals surface area contributed by atoms with Crippen LogP contribution in [0.1, 0.15) is 35.7 Å². The van der Waals surface area contributed by atoms with E-state index in [1.807, 2.05) is 18.8 Å². The molecule has 34 heavy (non-hydrogen) atoms. The molecule has 2 aromatic carbocycles. The maximum Gasteiger partial charge on any atom is 0.142 e. The number of anilines is 1. The van der Waals surface area contributed by atoms with Crippen molar-refractivity contribution in [2.24, 2.45) is 0 Å². The van der Waals surface area contributed by atoms with Crippen molar-refractivity contribution in [2.75, 3.05) is 37.0 Å². The number of benzene rings is 2. The number of aryl methyl sites for hydroxylation is 1. The van der Waals surface area contributed by atoms with E-state index in [1.165, 1.54) is 0 Å². The summed E-state index contributed by atoms with van der Waals surface area (Å²) in [6, 6.07) is 10.4. The third-order valence-corrected chi connectivity index (χ3v) is 9.72. The Kier molecular flexibility index (Phi) is 6.47. The van der Waals surface area contributed by atoms with Crippen LogP contribution in [0.15, 0.2) is 42.6 Å². The van der Waals surface area contributed by atoms with Crippen molar-refractivity contribution >= 4 is 24.4 Å². The highest BCUT2D eigenvalue weighted by Gasteiger charge is 2.27. The zero-order valence-corrected chi connectivity index (χ0v) is 20.8. The van der Waals surface area contributed by atoms with Crippen molar-refractivity contribution in [2.45, 2.75) is 31.6 Å². The van der Waals surface area contributed by atoms with E-state index in [0.29, 0.717) is 6.42 Å². The van der Waals surface area contributed by atoms with Gasteiger partial charge in [0.2, 0.25) is 0 Å². The van der Waals surface area contributed by atoms with E-state index in [1.54, 1.807) is 6.20 Å². The molecule has 178 valence electrons. The predicted molar refractivity (Wildman–Crippen MR) is 134 cm³/mol. The van der Waals surface area contributed by atoms with E-state index in [0.717, 1.165) is 85.1 Å². The highest BCUT2D eigenvalue weighted by Crippen LogP contribution is 2.44. The summed E-state index contributed by atoms with van der Waals surface area (Å²) in [4.78, 5) is 11.9. The van der Waals surface area contributed by atoms with Gasteiger partial charge in [0.1, 0.15) is 11.6 Å². The molecule has 1 fully saturated rings. The smallest absolute Gasteiger partial charge is 0.142 e. The lowest BCUT2D eigenvalue weighted by atomic mass is 9.84. The van der Waals surface area contributed by atoms with E-state index in [2.05, 4.69) is 17.0 Å². The molecule has 0 bridgehead atoms. The van der Waals surface area contributed by atoms with Gasteiger partial charge in [-0.25, -0.2) is 13.8 Å². The minimum Gasteiger partial charge on any atom is -0.371 e. The van der Waals surface area contributed by atoms with Crippen LogP contribution >= 0.6 is 18.7 Å². The number of hydrogen-bond acceptors (Lipinski definition) is 4.